The predicted molar refractivity (Wildman–Crippen MR) is 130 cm³/mol. The van der Waals surface area contributed by atoms with Crippen LogP contribution in [0.2, 0.25) is 0 Å². The molecule has 1 N–H and O–H groups in total. The number of hydrogen-bond acceptors (Lipinski definition) is 7. The van der Waals surface area contributed by atoms with Crippen LogP contribution >= 0.6 is 0 Å². The van der Waals surface area contributed by atoms with Crippen LogP contribution in [-0.4, -0.2) is 42.9 Å². The summed E-state index contributed by atoms with van der Waals surface area (Å²) in [6, 6.07) is 11.3. The van der Waals surface area contributed by atoms with Crippen LogP contribution in [0, 0.1) is 12.7 Å². The number of fused-ring (bicyclic) bond motifs is 1. The third kappa shape index (κ3) is 4.46. The van der Waals surface area contributed by atoms with Gasteiger partial charge in [0.2, 0.25) is 10.0 Å². The summed E-state index contributed by atoms with van der Waals surface area (Å²) in [5, 5.41) is 3.00. The molecule has 2 aromatic heterocycles. The average molecular weight is 497 g/mol. The summed E-state index contributed by atoms with van der Waals surface area (Å²) in [5.41, 5.74) is 3.10. The predicted octanol–water partition coefficient (Wildman–Crippen LogP) is 4.99. The van der Waals surface area contributed by atoms with Crippen LogP contribution in [0.3, 0.4) is 0 Å². The molecule has 1 aliphatic heterocycles. The van der Waals surface area contributed by atoms with Gasteiger partial charge in [0.05, 0.1) is 24.0 Å². The number of rotatable bonds is 6. The molecule has 0 radical (unpaired) electrons. The number of sulfonamides is 1. The van der Waals surface area contributed by atoms with E-state index in [1.54, 1.807) is 43.7 Å². The van der Waals surface area contributed by atoms with Crippen LogP contribution in [-0.2, 0) is 10.0 Å². The number of aryl methyl sites for hydroxylation is 1. The fraction of sp³-hybridized carbons (Fsp3) is 0.280. The van der Waals surface area contributed by atoms with E-state index in [2.05, 4.69) is 15.3 Å². The van der Waals surface area contributed by atoms with E-state index in [0.29, 0.717) is 54.3 Å². The quantitative estimate of drug-likeness (QED) is 0.402. The number of ether oxygens (including phenoxy) is 1. The second kappa shape index (κ2) is 9.27. The van der Waals surface area contributed by atoms with E-state index < -0.39 is 10.0 Å². The number of furan rings is 1. The first-order chi connectivity index (χ1) is 16.9. The number of nitrogens with one attached hydrogen (secondary N) is 1. The van der Waals surface area contributed by atoms with Crippen molar-refractivity contribution >= 4 is 32.6 Å². The summed E-state index contributed by atoms with van der Waals surface area (Å²) >= 11 is 0. The number of anilines is 2. The van der Waals surface area contributed by atoms with Crippen molar-refractivity contribution in [3.8, 4) is 5.75 Å². The number of methoxy groups -OCH3 is 1. The third-order valence-electron chi connectivity index (χ3n) is 6.35. The van der Waals surface area contributed by atoms with Gasteiger partial charge in [-0.3, -0.25) is 0 Å². The first-order valence-electron chi connectivity index (χ1n) is 11.3. The minimum absolute atomic E-state index is 0.0810. The summed E-state index contributed by atoms with van der Waals surface area (Å²) in [7, 11) is -2.05. The molecule has 10 heteroatoms. The Balaban J connectivity index is 1.33. The van der Waals surface area contributed by atoms with Gasteiger partial charge in [0.25, 0.3) is 0 Å². The van der Waals surface area contributed by atoms with E-state index in [0.717, 1.165) is 11.1 Å². The van der Waals surface area contributed by atoms with Crippen molar-refractivity contribution in [3.05, 3.63) is 72.0 Å². The summed E-state index contributed by atoms with van der Waals surface area (Å²) in [5.74, 6) is 0.686. The van der Waals surface area contributed by atoms with Gasteiger partial charge in [0.1, 0.15) is 23.4 Å². The van der Waals surface area contributed by atoms with Gasteiger partial charge in [0.15, 0.2) is 11.4 Å². The van der Waals surface area contributed by atoms with Crippen LogP contribution in [0.15, 0.2) is 64.4 Å². The molecule has 5 rings (SSSR count). The lowest BCUT2D eigenvalue weighted by Crippen LogP contribution is -2.37. The first kappa shape index (κ1) is 23.3. The van der Waals surface area contributed by atoms with E-state index in [1.807, 2.05) is 13.0 Å². The van der Waals surface area contributed by atoms with E-state index in [9.17, 15) is 12.8 Å². The molecule has 0 atom stereocenters. The van der Waals surface area contributed by atoms with E-state index in [1.165, 1.54) is 16.7 Å². The zero-order valence-corrected chi connectivity index (χ0v) is 20.2. The highest BCUT2D eigenvalue weighted by atomic mass is 32.2. The molecule has 0 bridgehead atoms. The molecule has 0 saturated carbocycles. The monoisotopic (exact) mass is 496 g/mol. The number of nitrogens with zero attached hydrogens (tertiary/aromatic N) is 3. The summed E-state index contributed by atoms with van der Waals surface area (Å²) in [6.07, 6.45) is 4.32. The SMILES string of the molecule is COc1ccc(S(=O)(=O)N2CCC(c3coc4c(Nc5ccc(C)cc5F)ncnc34)CC2)cc1. The van der Waals surface area contributed by atoms with E-state index >= 15 is 0 Å². The zero-order chi connectivity index (χ0) is 24.6. The summed E-state index contributed by atoms with van der Waals surface area (Å²) in [4.78, 5) is 8.89. The number of benzene rings is 2. The smallest absolute Gasteiger partial charge is 0.243 e. The minimum atomic E-state index is -3.59. The van der Waals surface area contributed by atoms with Crippen LogP contribution in [0.5, 0.6) is 5.75 Å². The topological polar surface area (TPSA) is 97.6 Å². The normalized spacial score (nSPS) is 15.4. The maximum atomic E-state index is 14.3. The van der Waals surface area contributed by atoms with Crippen LogP contribution in [0.1, 0.15) is 29.9 Å². The highest BCUT2D eigenvalue weighted by Crippen LogP contribution is 2.37. The lowest BCUT2D eigenvalue weighted by Gasteiger charge is -2.30. The molecule has 35 heavy (non-hydrogen) atoms. The molecule has 0 unspecified atom stereocenters. The molecule has 1 aliphatic rings. The fourth-order valence-electron chi connectivity index (χ4n) is 4.40. The molecule has 1 fully saturated rings. The standard InChI is InChI=1S/C25H25FN4O4S/c1-16-3-8-22(21(26)13-16)29-25-24-23(27-15-28-25)20(14-34-24)17-9-11-30(12-10-17)35(31,32)19-6-4-18(33-2)5-7-19/h3-8,13-15,17H,9-12H2,1-2H3,(H,27,28,29). The molecule has 2 aromatic carbocycles. The van der Waals surface area contributed by atoms with Crippen molar-refractivity contribution in [2.75, 3.05) is 25.5 Å². The van der Waals surface area contributed by atoms with Crippen molar-refractivity contribution in [1.82, 2.24) is 14.3 Å². The lowest BCUT2D eigenvalue weighted by molar-refractivity contribution is 0.319. The Hall–Kier alpha value is -3.50. The molecule has 3 heterocycles. The van der Waals surface area contributed by atoms with Crippen molar-refractivity contribution in [2.45, 2.75) is 30.6 Å². The van der Waals surface area contributed by atoms with E-state index in [-0.39, 0.29) is 16.6 Å². The number of aromatic nitrogens is 2. The summed E-state index contributed by atoms with van der Waals surface area (Å²) in [6.45, 7) is 2.59. The minimum Gasteiger partial charge on any atom is -0.497 e. The Kier molecular flexibility index (Phi) is 6.16. The highest BCUT2D eigenvalue weighted by molar-refractivity contribution is 7.89. The Morgan fingerprint density at radius 1 is 1.11 bits per heavy atom. The molecule has 4 aromatic rings. The van der Waals surface area contributed by atoms with Crippen molar-refractivity contribution in [2.24, 2.45) is 0 Å². The highest BCUT2D eigenvalue weighted by Gasteiger charge is 2.31. The Labute approximate surface area is 202 Å². The van der Waals surface area contributed by atoms with Gasteiger partial charge in [-0.05, 0) is 67.6 Å². The Morgan fingerprint density at radius 3 is 2.54 bits per heavy atom. The first-order valence-corrected chi connectivity index (χ1v) is 12.7. The average Bonchev–Trinajstić information content (AvgIpc) is 3.31. The molecule has 0 aliphatic carbocycles. The molecular weight excluding hydrogens is 471 g/mol. The fourth-order valence-corrected chi connectivity index (χ4v) is 5.87. The number of halogens is 1. The maximum absolute atomic E-state index is 14.3. The largest absolute Gasteiger partial charge is 0.497 e. The van der Waals surface area contributed by atoms with Crippen LogP contribution in [0.25, 0.3) is 11.1 Å². The van der Waals surface area contributed by atoms with Crippen LogP contribution < -0.4 is 10.1 Å². The van der Waals surface area contributed by atoms with Crippen molar-refractivity contribution in [3.63, 3.8) is 0 Å². The van der Waals surface area contributed by atoms with Gasteiger partial charge >= 0.3 is 0 Å². The van der Waals surface area contributed by atoms with Crippen LogP contribution in [0.4, 0.5) is 15.9 Å². The molecule has 182 valence electrons. The van der Waals surface area contributed by atoms with Gasteiger partial charge < -0.3 is 14.5 Å². The molecule has 0 spiro atoms. The number of piperidine rings is 1. The van der Waals surface area contributed by atoms with Gasteiger partial charge in [-0.15, -0.1) is 0 Å². The van der Waals surface area contributed by atoms with Gasteiger partial charge in [-0.2, -0.15) is 4.31 Å². The molecular formula is C25H25FN4O4S. The molecule has 0 amide bonds. The number of hydrogen-bond donors (Lipinski definition) is 1. The van der Waals surface area contributed by atoms with Crippen molar-refractivity contribution < 1.29 is 22.0 Å². The second-order valence-corrected chi connectivity index (χ2v) is 10.5. The Morgan fingerprint density at radius 2 is 1.86 bits per heavy atom. The maximum Gasteiger partial charge on any atom is 0.243 e. The Bertz CT molecular complexity index is 1460. The van der Waals surface area contributed by atoms with Crippen molar-refractivity contribution in [1.29, 1.82) is 0 Å². The lowest BCUT2D eigenvalue weighted by atomic mass is 9.91. The van der Waals surface area contributed by atoms with Gasteiger partial charge in [-0.1, -0.05) is 6.07 Å². The second-order valence-electron chi connectivity index (χ2n) is 8.55. The third-order valence-corrected chi connectivity index (χ3v) is 8.26. The van der Waals surface area contributed by atoms with E-state index in [4.69, 9.17) is 9.15 Å². The summed E-state index contributed by atoms with van der Waals surface area (Å²) < 4.78 is 52.9. The molecule has 8 nitrogen and oxygen atoms in total. The van der Waals surface area contributed by atoms with Gasteiger partial charge in [-0.25, -0.2) is 22.8 Å². The van der Waals surface area contributed by atoms with Gasteiger partial charge in [0, 0.05) is 18.7 Å². The zero-order valence-electron chi connectivity index (χ0n) is 19.4. The molecule has 1 saturated heterocycles.